The third-order valence-electron chi connectivity index (χ3n) is 3.15. The predicted molar refractivity (Wildman–Crippen MR) is 92.1 cm³/mol. The molecule has 0 saturated carbocycles. The minimum Gasteiger partial charge on any atom is -0.491 e. The summed E-state index contributed by atoms with van der Waals surface area (Å²) in [5.74, 6) is -0.517. The molecule has 0 aliphatic heterocycles. The van der Waals surface area contributed by atoms with Crippen molar-refractivity contribution in [3.05, 3.63) is 42.2 Å². The average Bonchev–Trinajstić information content (AvgIpc) is 3.04. The fraction of sp³-hybridized carbons (Fsp3) is 0.412. The highest BCUT2D eigenvalue weighted by Gasteiger charge is 2.20. The molecule has 1 heterocycles. The topological polar surface area (TPSA) is 116 Å². The molecular weight excluding hydrogens is 340 g/mol. The Balaban J connectivity index is 1.98. The summed E-state index contributed by atoms with van der Waals surface area (Å²) < 4.78 is 12.5. The highest BCUT2D eigenvalue weighted by molar-refractivity contribution is 5.87. The van der Waals surface area contributed by atoms with Crippen molar-refractivity contribution in [2.75, 3.05) is 6.61 Å². The van der Waals surface area contributed by atoms with Crippen molar-refractivity contribution in [3.8, 4) is 5.75 Å². The molecule has 1 atom stereocenters. The van der Waals surface area contributed by atoms with Gasteiger partial charge in [0.15, 0.2) is 0 Å². The van der Waals surface area contributed by atoms with Crippen molar-refractivity contribution in [1.82, 2.24) is 20.3 Å². The molecule has 0 radical (unpaired) electrons. The predicted octanol–water partition coefficient (Wildman–Crippen LogP) is 1.95. The van der Waals surface area contributed by atoms with Gasteiger partial charge in [0.05, 0.1) is 24.3 Å². The van der Waals surface area contributed by atoms with Gasteiger partial charge in [0.2, 0.25) is 0 Å². The lowest BCUT2D eigenvalue weighted by molar-refractivity contribution is 0.0479. The lowest BCUT2D eigenvalue weighted by Gasteiger charge is -2.23. The van der Waals surface area contributed by atoms with Gasteiger partial charge in [-0.25, -0.2) is 9.59 Å². The first-order chi connectivity index (χ1) is 12.2. The zero-order chi connectivity index (χ0) is 19.2. The number of hydrogen-bond acceptors (Lipinski definition) is 6. The molecule has 140 valence electrons. The first-order valence-corrected chi connectivity index (χ1v) is 8.03. The second kappa shape index (κ2) is 8.32. The van der Waals surface area contributed by atoms with E-state index < -0.39 is 23.7 Å². The molecule has 0 aliphatic rings. The third kappa shape index (κ3) is 6.42. The summed E-state index contributed by atoms with van der Waals surface area (Å²) in [6.07, 6.45) is 2.65. The lowest BCUT2D eigenvalue weighted by atomic mass is 10.2. The van der Waals surface area contributed by atoms with Gasteiger partial charge in [-0.3, -0.25) is 4.68 Å². The van der Waals surface area contributed by atoms with E-state index in [2.05, 4.69) is 15.6 Å². The van der Waals surface area contributed by atoms with Crippen LogP contribution in [0.3, 0.4) is 0 Å². The van der Waals surface area contributed by atoms with Crippen molar-refractivity contribution in [3.63, 3.8) is 0 Å². The van der Waals surface area contributed by atoms with E-state index in [1.807, 2.05) is 0 Å². The molecule has 0 fully saturated rings. The quantitative estimate of drug-likeness (QED) is 0.773. The molecule has 2 rings (SSSR count). The van der Waals surface area contributed by atoms with Crippen molar-refractivity contribution < 1.29 is 24.2 Å². The summed E-state index contributed by atoms with van der Waals surface area (Å²) in [4.78, 5) is 22.9. The molecule has 0 aliphatic carbocycles. The Bertz CT molecular complexity index is 723. The molecule has 2 N–H and O–H groups in total. The van der Waals surface area contributed by atoms with Gasteiger partial charge >= 0.3 is 12.1 Å². The van der Waals surface area contributed by atoms with Crippen LogP contribution in [-0.4, -0.2) is 50.4 Å². The first kappa shape index (κ1) is 19.2. The van der Waals surface area contributed by atoms with Gasteiger partial charge in [0.25, 0.3) is 0 Å². The van der Waals surface area contributed by atoms with Gasteiger partial charge in [-0.05, 0) is 45.0 Å². The average molecular weight is 362 g/mol. The summed E-state index contributed by atoms with van der Waals surface area (Å²) in [6.45, 7) is 5.82. The Hall–Kier alpha value is -3.10. The number of nitrogens with one attached hydrogen (secondary N) is 1. The van der Waals surface area contributed by atoms with Crippen LogP contribution in [0, 0.1) is 0 Å². The normalized spacial score (nSPS) is 12.3. The molecule has 9 heteroatoms. The number of rotatable bonds is 7. The van der Waals surface area contributed by atoms with Gasteiger partial charge in [-0.1, -0.05) is 5.21 Å². The van der Waals surface area contributed by atoms with Gasteiger partial charge in [-0.2, -0.15) is 0 Å². The van der Waals surface area contributed by atoms with Crippen LogP contribution in [0.1, 0.15) is 31.1 Å². The molecule has 1 unspecified atom stereocenters. The van der Waals surface area contributed by atoms with Crippen LogP contribution >= 0.6 is 0 Å². The summed E-state index contributed by atoms with van der Waals surface area (Å²) >= 11 is 0. The van der Waals surface area contributed by atoms with Crippen LogP contribution in [0.4, 0.5) is 4.79 Å². The summed E-state index contributed by atoms with van der Waals surface area (Å²) in [5, 5.41) is 19.3. The van der Waals surface area contributed by atoms with Crippen LogP contribution in [0.15, 0.2) is 36.7 Å². The van der Waals surface area contributed by atoms with E-state index in [-0.39, 0.29) is 12.2 Å². The van der Waals surface area contributed by atoms with Crippen LogP contribution in [0.25, 0.3) is 0 Å². The van der Waals surface area contributed by atoms with Crippen molar-refractivity contribution in [2.45, 2.75) is 39.0 Å². The molecule has 1 amide bonds. The minimum absolute atomic E-state index is 0.144. The van der Waals surface area contributed by atoms with Crippen LogP contribution in [-0.2, 0) is 11.3 Å². The third-order valence-corrected chi connectivity index (χ3v) is 3.15. The number of carboxylic acid groups (broad SMARTS) is 1. The number of hydrogen-bond donors (Lipinski definition) is 2. The largest absolute Gasteiger partial charge is 0.491 e. The van der Waals surface area contributed by atoms with E-state index in [4.69, 9.17) is 14.6 Å². The molecule has 0 saturated heterocycles. The maximum Gasteiger partial charge on any atom is 0.408 e. The zero-order valence-electron chi connectivity index (χ0n) is 14.9. The Labute approximate surface area is 150 Å². The molecule has 2 aromatic rings. The molecule has 0 bridgehead atoms. The first-order valence-electron chi connectivity index (χ1n) is 8.03. The summed E-state index contributed by atoms with van der Waals surface area (Å²) in [6, 6.07) is 5.59. The number of carboxylic acids is 1. The highest BCUT2D eigenvalue weighted by atomic mass is 16.6. The lowest BCUT2D eigenvalue weighted by Crippen LogP contribution is -2.44. The second-order valence-electron chi connectivity index (χ2n) is 6.61. The van der Waals surface area contributed by atoms with E-state index in [0.29, 0.717) is 12.3 Å². The van der Waals surface area contributed by atoms with E-state index in [1.54, 1.807) is 43.8 Å². The van der Waals surface area contributed by atoms with E-state index in [1.165, 1.54) is 18.3 Å². The van der Waals surface area contributed by atoms with Gasteiger partial charge in [0, 0.05) is 6.20 Å². The van der Waals surface area contributed by atoms with Gasteiger partial charge in [0.1, 0.15) is 18.0 Å². The Morgan fingerprint density at radius 1 is 1.27 bits per heavy atom. The van der Waals surface area contributed by atoms with E-state index in [0.717, 1.165) is 0 Å². The molecule has 26 heavy (non-hydrogen) atoms. The minimum atomic E-state index is -1.01. The maximum absolute atomic E-state index is 12.0. The van der Waals surface area contributed by atoms with E-state index in [9.17, 15) is 9.59 Å². The number of carbonyl (C=O) groups is 2. The van der Waals surface area contributed by atoms with Crippen LogP contribution in [0.2, 0.25) is 0 Å². The fourth-order valence-corrected chi connectivity index (χ4v) is 2.06. The standard InChI is InChI=1S/C17H22N4O5/c1-17(2,3)26-16(24)19-13(10-21-9-8-18-20-21)11-25-14-6-4-12(5-7-14)15(22)23/h4-9,13H,10-11H2,1-3H3,(H,19,24)(H,22,23). The van der Waals surface area contributed by atoms with Crippen molar-refractivity contribution in [1.29, 1.82) is 0 Å². The number of alkyl carbamates (subject to hydrolysis) is 1. The van der Waals surface area contributed by atoms with Gasteiger partial charge < -0.3 is 19.9 Å². The number of carbonyl (C=O) groups excluding carboxylic acids is 1. The number of aromatic carboxylic acids is 1. The van der Waals surface area contributed by atoms with E-state index >= 15 is 0 Å². The Kier molecular flexibility index (Phi) is 6.16. The van der Waals surface area contributed by atoms with Crippen molar-refractivity contribution >= 4 is 12.1 Å². The van der Waals surface area contributed by atoms with Crippen LogP contribution in [0.5, 0.6) is 5.75 Å². The molecule has 1 aromatic heterocycles. The summed E-state index contributed by atoms with van der Waals surface area (Å²) in [5.41, 5.74) is -0.446. The smallest absolute Gasteiger partial charge is 0.408 e. The number of amides is 1. The molecule has 0 spiro atoms. The fourth-order valence-electron chi connectivity index (χ4n) is 2.06. The van der Waals surface area contributed by atoms with Gasteiger partial charge in [-0.15, -0.1) is 5.10 Å². The zero-order valence-corrected chi connectivity index (χ0v) is 14.9. The SMILES string of the molecule is CC(C)(C)OC(=O)NC(COc1ccc(C(=O)O)cc1)Cn1ccnn1. The molecule has 9 nitrogen and oxygen atoms in total. The highest BCUT2D eigenvalue weighted by Crippen LogP contribution is 2.13. The summed E-state index contributed by atoms with van der Waals surface area (Å²) in [7, 11) is 0. The maximum atomic E-state index is 12.0. The number of nitrogens with zero attached hydrogens (tertiary/aromatic N) is 3. The molecular formula is C17H22N4O5. The Morgan fingerprint density at radius 3 is 2.50 bits per heavy atom. The molecule has 1 aromatic carbocycles. The van der Waals surface area contributed by atoms with Crippen molar-refractivity contribution in [2.24, 2.45) is 0 Å². The monoisotopic (exact) mass is 362 g/mol. The number of ether oxygens (including phenoxy) is 2. The number of benzene rings is 1. The Morgan fingerprint density at radius 2 is 1.96 bits per heavy atom. The second-order valence-corrected chi connectivity index (χ2v) is 6.61. The number of aromatic nitrogens is 3. The van der Waals surface area contributed by atoms with Crippen LogP contribution < -0.4 is 10.1 Å².